The third kappa shape index (κ3) is 23.9. The van der Waals surface area contributed by atoms with E-state index in [9.17, 15) is 48.9 Å². The van der Waals surface area contributed by atoms with Gasteiger partial charge in [0.25, 0.3) is 17.7 Å². The van der Waals surface area contributed by atoms with Gasteiger partial charge >= 0.3 is 23.9 Å². The molecule has 0 aromatic heterocycles. The van der Waals surface area contributed by atoms with Gasteiger partial charge < -0.3 is 84.4 Å². The Morgan fingerprint density at radius 2 is 0.581 bits per heavy atom. The lowest BCUT2D eigenvalue weighted by molar-refractivity contribution is 0.00580. The minimum Gasteiger partial charge on any atom is -0.507 e. The molecule has 0 bridgehead atoms. The number of rotatable bonds is 21. The number of carboxylic acid groups (broad SMARTS) is 1. The summed E-state index contributed by atoms with van der Waals surface area (Å²) in [5, 5.41) is 37.9. The standard InChI is InChI=1S/C27H29NO5.C26H27NO6.C22H19NO6.C18H21NO3/c1-17-11-13-19(31-5)16-22(17)25(29)28-23-15-18(20-9-7-8-10-24(20)32-6)12-14-21(23)26(30)33-27(2,3)4;1-26(2,3)33-25(30)19-12-10-16(18-8-6-7-9-23(18)32-5)14-21(19)27-24(29)20-15-17(31-4)11-13-22(20)28;1-28-14-8-10-19(24)17(12-14)21(25)23-18-11-13(7-9-16(18)22(26)27)15-5-3-4-6-20(15)29-2;1-18(2,3)22-17(20)14-10-9-12(11-15(14)19)13-7-5-6-8-16(13)21-4/h7-16H,1-6H3,(H,28,29);6-15,28H,1-5H3,(H,27,29);3-12,24H,1-2H3,(H,23,25)(H,26,27);5-11H,19H2,1-4H3. The van der Waals surface area contributed by atoms with Gasteiger partial charge in [0.2, 0.25) is 0 Å². The third-order valence-corrected chi connectivity index (χ3v) is 17.2. The third-order valence-electron chi connectivity index (χ3n) is 17.2. The van der Waals surface area contributed by atoms with Crippen molar-refractivity contribution in [2.45, 2.75) is 86.0 Å². The summed E-state index contributed by atoms with van der Waals surface area (Å²) in [6, 6.07) is 63.8. The molecule has 0 spiro atoms. The van der Waals surface area contributed by atoms with Crippen molar-refractivity contribution >= 4 is 64.3 Å². The van der Waals surface area contributed by atoms with E-state index < -0.39 is 52.5 Å². The number of aromatic hydroxyl groups is 2. The van der Waals surface area contributed by atoms with Crippen LogP contribution in [-0.2, 0) is 14.2 Å². The molecule has 8 N–H and O–H groups in total. The first kappa shape index (κ1) is 88.3. The summed E-state index contributed by atoms with van der Waals surface area (Å²) in [7, 11) is 10.8. The van der Waals surface area contributed by atoms with E-state index >= 15 is 0 Å². The Labute approximate surface area is 680 Å². The zero-order valence-corrected chi connectivity index (χ0v) is 68.2. The first-order valence-electron chi connectivity index (χ1n) is 36.6. The number of carbonyl (C=O) groups excluding carboxylic acids is 6. The summed E-state index contributed by atoms with van der Waals surface area (Å²) in [5.74, 6) is -0.747. The van der Waals surface area contributed by atoms with Gasteiger partial charge in [0.05, 0.1) is 100 Å². The van der Waals surface area contributed by atoms with Crippen molar-refractivity contribution in [3.05, 3.63) is 269 Å². The topological polar surface area (TPSA) is 335 Å². The van der Waals surface area contributed by atoms with Crippen LogP contribution in [0.2, 0.25) is 0 Å². The quantitative estimate of drug-likeness (QED) is 0.0200. The van der Waals surface area contributed by atoms with E-state index in [1.165, 1.54) is 50.6 Å². The van der Waals surface area contributed by atoms with E-state index in [4.69, 9.17) is 53.1 Å². The predicted octanol–water partition coefficient (Wildman–Crippen LogP) is 19.1. The highest BCUT2D eigenvalue weighted by Gasteiger charge is 2.28. The Morgan fingerprint density at radius 3 is 0.889 bits per heavy atom. The minimum atomic E-state index is -1.19. The molecule has 0 atom stereocenters. The molecule has 11 aromatic carbocycles. The Morgan fingerprint density at radius 1 is 0.308 bits per heavy atom. The fraction of sp³-hybridized carbons (Fsp3) is 0.215. The number of esters is 3. The van der Waals surface area contributed by atoms with Crippen LogP contribution >= 0.6 is 0 Å². The number of methoxy groups -OCH3 is 7. The molecule has 0 aliphatic rings. The van der Waals surface area contributed by atoms with Gasteiger partial charge in [-0.25, -0.2) is 19.2 Å². The largest absolute Gasteiger partial charge is 0.507 e. The minimum absolute atomic E-state index is 0.00665. The van der Waals surface area contributed by atoms with Crippen LogP contribution in [0.3, 0.4) is 0 Å². The number of aryl methyl sites for hydroxylation is 1. The van der Waals surface area contributed by atoms with Gasteiger partial charge in [-0.1, -0.05) is 103 Å². The second kappa shape index (κ2) is 39.4. The summed E-state index contributed by atoms with van der Waals surface area (Å²) < 4.78 is 53.6. The molecule has 11 aromatic rings. The molecule has 0 saturated carbocycles. The Hall–Kier alpha value is -14.3. The van der Waals surface area contributed by atoms with Crippen LogP contribution in [-0.4, -0.2) is 123 Å². The zero-order valence-electron chi connectivity index (χ0n) is 68.2. The number of hydrogen-bond donors (Lipinski definition) is 7. The maximum absolute atomic E-state index is 13.2. The molecule has 608 valence electrons. The number of anilines is 4. The lowest BCUT2D eigenvalue weighted by Gasteiger charge is -2.21. The smallest absolute Gasteiger partial charge is 0.340 e. The normalized spacial score (nSPS) is 10.8. The molecule has 0 unspecified atom stereocenters. The van der Waals surface area contributed by atoms with Crippen LogP contribution in [0, 0.1) is 6.92 Å². The lowest BCUT2D eigenvalue weighted by Crippen LogP contribution is -2.25. The first-order valence-corrected chi connectivity index (χ1v) is 36.6. The molecular weight excluding hydrogens is 1490 g/mol. The molecule has 3 amide bonds. The van der Waals surface area contributed by atoms with Crippen LogP contribution in [0.4, 0.5) is 22.7 Å². The summed E-state index contributed by atoms with van der Waals surface area (Å²) in [4.78, 5) is 88.5. The molecule has 0 aliphatic carbocycles. The number of benzene rings is 11. The molecule has 0 fully saturated rings. The van der Waals surface area contributed by atoms with Crippen molar-refractivity contribution in [3.63, 3.8) is 0 Å². The van der Waals surface area contributed by atoms with E-state index in [1.807, 2.05) is 137 Å². The number of carbonyl (C=O) groups is 7. The molecule has 117 heavy (non-hydrogen) atoms. The molecule has 11 rings (SSSR count). The van der Waals surface area contributed by atoms with Gasteiger partial charge in [-0.2, -0.15) is 0 Å². The molecule has 24 heteroatoms. The first-order chi connectivity index (χ1) is 55.5. The van der Waals surface area contributed by atoms with E-state index in [-0.39, 0.29) is 56.6 Å². The number of nitrogen functional groups attached to an aromatic ring is 1. The fourth-order valence-corrected chi connectivity index (χ4v) is 11.6. The highest BCUT2D eigenvalue weighted by molar-refractivity contribution is 6.12. The van der Waals surface area contributed by atoms with Gasteiger partial charge in [-0.15, -0.1) is 0 Å². The maximum atomic E-state index is 13.2. The summed E-state index contributed by atoms with van der Waals surface area (Å²) in [5.41, 5.74) is 13.4. The molecule has 0 aliphatic heterocycles. The molecule has 0 heterocycles. The fourth-order valence-electron chi connectivity index (χ4n) is 11.6. The van der Waals surface area contributed by atoms with Crippen molar-refractivity contribution in [2.75, 3.05) is 71.5 Å². The summed E-state index contributed by atoms with van der Waals surface area (Å²) in [6.45, 7) is 18.0. The van der Waals surface area contributed by atoms with E-state index in [1.54, 1.807) is 156 Å². The zero-order chi connectivity index (χ0) is 85.6. The number of para-hydroxylation sites is 4. The van der Waals surface area contributed by atoms with E-state index in [0.717, 1.165) is 50.3 Å². The predicted molar refractivity (Wildman–Crippen MR) is 452 cm³/mol. The van der Waals surface area contributed by atoms with Crippen molar-refractivity contribution in [3.8, 4) is 96.3 Å². The van der Waals surface area contributed by atoms with Gasteiger partial charge in [0.15, 0.2) is 0 Å². The number of ether oxygens (including phenoxy) is 10. The Kier molecular flexibility index (Phi) is 29.8. The summed E-state index contributed by atoms with van der Waals surface area (Å²) >= 11 is 0. The number of aromatic carboxylic acids is 1. The number of phenols is 2. The highest BCUT2D eigenvalue weighted by atomic mass is 16.6. The van der Waals surface area contributed by atoms with Crippen LogP contribution in [0.5, 0.6) is 51.7 Å². The lowest BCUT2D eigenvalue weighted by atomic mass is 10.0. The molecule has 0 saturated heterocycles. The molecule has 24 nitrogen and oxygen atoms in total. The van der Waals surface area contributed by atoms with Crippen LogP contribution in [0.25, 0.3) is 44.5 Å². The number of hydrogen-bond acceptors (Lipinski definition) is 20. The van der Waals surface area contributed by atoms with Crippen molar-refractivity contribution in [2.24, 2.45) is 0 Å². The second-order valence-corrected chi connectivity index (χ2v) is 29.0. The van der Waals surface area contributed by atoms with Gasteiger partial charge in [0, 0.05) is 33.5 Å². The number of phenolic OH excluding ortho intramolecular Hbond substituents is 2. The molecule has 0 radical (unpaired) electrons. The second-order valence-electron chi connectivity index (χ2n) is 29.0. The van der Waals surface area contributed by atoms with E-state index in [0.29, 0.717) is 62.6 Å². The molecular formula is C93H96N4O20. The van der Waals surface area contributed by atoms with E-state index in [2.05, 4.69) is 16.0 Å². The maximum Gasteiger partial charge on any atom is 0.340 e. The van der Waals surface area contributed by atoms with Crippen molar-refractivity contribution in [1.82, 2.24) is 0 Å². The van der Waals surface area contributed by atoms with Crippen molar-refractivity contribution < 1.29 is 96.2 Å². The van der Waals surface area contributed by atoms with Crippen LogP contribution < -0.4 is 54.8 Å². The van der Waals surface area contributed by atoms with Crippen LogP contribution in [0.1, 0.15) is 140 Å². The number of nitrogens with two attached hydrogens (primary N) is 1. The highest BCUT2D eigenvalue weighted by Crippen LogP contribution is 2.39. The Balaban J connectivity index is 0.000000197. The van der Waals surface area contributed by atoms with Gasteiger partial charge in [-0.3, -0.25) is 14.4 Å². The van der Waals surface area contributed by atoms with Crippen LogP contribution in [0.15, 0.2) is 224 Å². The average molecular weight is 1590 g/mol. The monoisotopic (exact) mass is 1590 g/mol. The SMILES string of the molecule is COc1ccc(C)c(C(=O)Nc2cc(-c3ccccc3OC)ccc2C(=O)OC(C)(C)C)c1.COc1ccc(O)c(C(=O)Nc2cc(-c3ccccc3OC)ccc2C(=O)O)c1.COc1ccc(O)c(C(=O)Nc2cc(-c3ccccc3OC)ccc2C(=O)OC(C)(C)C)c1.COc1ccccc1-c1ccc(C(=O)OC(C)(C)C)c(N)c1. The van der Waals surface area contributed by atoms with Gasteiger partial charge in [-0.05, 0) is 218 Å². The Bertz CT molecular complexity index is 5250. The summed E-state index contributed by atoms with van der Waals surface area (Å²) in [6.07, 6.45) is 0. The number of amides is 3. The number of nitrogens with one attached hydrogen (secondary N) is 3. The number of carboxylic acids is 1. The van der Waals surface area contributed by atoms with Gasteiger partial charge in [0.1, 0.15) is 68.5 Å². The van der Waals surface area contributed by atoms with Crippen molar-refractivity contribution in [1.29, 1.82) is 0 Å². The average Bonchev–Trinajstić information content (AvgIpc) is 0.806.